The van der Waals surface area contributed by atoms with Gasteiger partial charge >= 0.3 is 7.12 Å². The van der Waals surface area contributed by atoms with Gasteiger partial charge in [-0.3, -0.25) is 4.79 Å². The van der Waals surface area contributed by atoms with Gasteiger partial charge in [-0.25, -0.2) is 8.78 Å². The number of hydrogen-bond acceptors (Lipinski definition) is 3. The van der Waals surface area contributed by atoms with E-state index in [1.165, 1.54) is 6.07 Å². The Morgan fingerprint density at radius 2 is 1.67 bits per heavy atom. The van der Waals surface area contributed by atoms with Gasteiger partial charge in [-0.15, -0.1) is 0 Å². The van der Waals surface area contributed by atoms with Crippen molar-refractivity contribution in [2.45, 2.75) is 37.5 Å². The Morgan fingerprint density at radius 1 is 1.00 bits per heavy atom. The lowest BCUT2D eigenvalue weighted by Gasteiger charge is -2.39. The molecule has 2 aromatic carbocycles. The van der Waals surface area contributed by atoms with Crippen molar-refractivity contribution in [3.8, 4) is 0 Å². The summed E-state index contributed by atoms with van der Waals surface area (Å²) < 4.78 is 28.2. The molecule has 7 heteroatoms. The van der Waals surface area contributed by atoms with E-state index in [1.54, 1.807) is 24.3 Å². The predicted octanol–water partition coefficient (Wildman–Crippen LogP) is 2.46. The Hall–Kier alpha value is -2.25. The fourth-order valence-electron chi connectivity index (χ4n) is 4.72. The quantitative estimate of drug-likeness (QED) is 0.726. The van der Waals surface area contributed by atoms with E-state index in [0.29, 0.717) is 16.6 Å². The number of benzene rings is 2. The Morgan fingerprint density at radius 3 is 2.30 bits per heavy atom. The lowest BCUT2D eigenvalue weighted by Crippen LogP contribution is -2.44. The van der Waals surface area contributed by atoms with Crippen LogP contribution in [0.2, 0.25) is 0 Å². The largest absolute Gasteiger partial charge is 0.488 e. The highest BCUT2D eigenvalue weighted by molar-refractivity contribution is 6.58. The molecule has 4 rings (SSSR count). The van der Waals surface area contributed by atoms with E-state index in [1.807, 2.05) is 0 Å². The van der Waals surface area contributed by atoms with Gasteiger partial charge in [0.05, 0.1) is 5.69 Å². The summed E-state index contributed by atoms with van der Waals surface area (Å²) in [5.41, 5.74) is 0.221. The maximum Gasteiger partial charge on any atom is 0.488 e. The molecule has 0 saturated heterocycles. The minimum absolute atomic E-state index is 0.0396. The standard InChI is InChI=1S/C20H20BF2NO3/c22-16-11-10-15-18(17(16)23)24-19(25)20(15,12-4-2-1-3-5-12)13-6-8-14(9-7-13)21(26)27/h6-12,26-27H,1-5H2,(H,24,25). The number of amides is 1. The van der Waals surface area contributed by atoms with Crippen LogP contribution in [-0.2, 0) is 10.2 Å². The Balaban J connectivity index is 1.93. The van der Waals surface area contributed by atoms with Crippen LogP contribution in [0.4, 0.5) is 14.5 Å². The van der Waals surface area contributed by atoms with E-state index >= 15 is 0 Å². The number of anilines is 1. The van der Waals surface area contributed by atoms with Crippen molar-refractivity contribution >= 4 is 24.2 Å². The second-order valence-corrected chi connectivity index (χ2v) is 7.38. The maximum atomic E-state index is 14.4. The van der Waals surface area contributed by atoms with Crippen LogP contribution in [0.5, 0.6) is 0 Å². The van der Waals surface area contributed by atoms with Gasteiger partial charge in [0.25, 0.3) is 0 Å². The smallest absolute Gasteiger partial charge is 0.423 e. The first-order valence-electron chi connectivity index (χ1n) is 9.22. The van der Waals surface area contributed by atoms with Crippen molar-refractivity contribution in [1.29, 1.82) is 0 Å². The highest BCUT2D eigenvalue weighted by atomic mass is 19.2. The fourth-order valence-corrected chi connectivity index (χ4v) is 4.72. The number of halogens is 2. The third-order valence-electron chi connectivity index (χ3n) is 6.00. The molecule has 0 bridgehead atoms. The Bertz CT molecular complexity index is 882. The summed E-state index contributed by atoms with van der Waals surface area (Å²) in [6.45, 7) is 0. The van der Waals surface area contributed by atoms with Crippen LogP contribution < -0.4 is 10.8 Å². The van der Waals surface area contributed by atoms with Gasteiger partial charge in [-0.2, -0.15) is 0 Å². The van der Waals surface area contributed by atoms with Gasteiger partial charge in [-0.05, 0) is 41.4 Å². The molecule has 1 atom stereocenters. The minimum Gasteiger partial charge on any atom is -0.423 e. The predicted molar refractivity (Wildman–Crippen MR) is 98.6 cm³/mol. The first-order valence-corrected chi connectivity index (χ1v) is 9.22. The number of carbonyl (C=O) groups is 1. The highest BCUT2D eigenvalue weighted by Gasteiger charge is 2.54. The van der Waals surface area contributed by atoms with Gasteiger partial charge in [0.15, 0.2) is 11.6 Å². The van der Waals surface area contributed by atoms with E-state index in [-0.39, 0.29) is 17.5 Å². The molecule has 2 aromatic rings. The van der Waals surface area contributed by atoms with E-state index < -0.39 is 24.2 Å². The molecular formula is C20H20BF2NO3. The molecule has 0 aromatic heterocycles. The average Bonchev–Trinajstić information content (AvgIpc) is 2.99. The van der Waals surface area contributed by atoms with Crippen LogP contribution in [0, 0.1) is 17.6 Å². The van der Waals surface area contributed by atoms with Crippen molar-refractivity contribution < 1.29 is 23.6 Å². The summed E-state index contributed by atoms with van der Waals surface area (Å²) in [5.74, 6) is -2.43. The molecular weight excluding hydrogens is 351 g/mol. The number of rotatable bonds is 3. The van der Waals surface area contributed by atoms with Crippen LogP contribution in [-0.4, -0.2) is 23.1 Å². The third kappa shape index (κ3) is 2.68. The molecule has 0 radical (unpaired) electrons. The first kappa shape index (κ1) is 18.1. The molecule has 1 heterocycles. The van der Waals surface area contributed by atoms with Crippen molar-refractivity contribution in [2.24, 2.45) is 5.92 Å². The summed E-state index contributed by atoms with van der Waals surface area (Å²) in [4.78, 5) is 13.2. The number of hydrogen-bond donors (Lipinski definition) is 3. The lowest BCUT2D eigenvalue weighted by atomic mass is 9.61. The molecule has 140 valence electrons. The molecule has 1 aliphatic heterocycles. The van der Waals surface area contributed by atoms with Crippen molar-refractivity contribution in [3.05, 3.63) is 59.2 Å². The number of carbonyl (C=O) groups excluding carboxylic acids is 1. The van der Waals surface area contributed by atoms with E-state index in [9.17, 15) is 23.6 Å². The highest BCUT2D eigenvalue weighted by Crippen LogP contribution is 2.52. The average molecular weight is 371 g/mol. The van der Waals surface area contributed by atoms with Crippen LogP contribution in [0.1, 0.15) is 43.2 Å². The number of nitrogens with one attached hydrogen (secondary N) is 1. The summed E-state index contributed by atoms with van der Waals surface area (Å²) in [5, 5.41) is 21.3. The molecule has 0 spiro atoms. The molecule has 1 amide bonds. The summed E-state index contributed by atoms with van der Waals surface area (Å²) in [6, 6.07) is 9.02. The minimum atomic E-state index is -1.61. The molecule has 1 saturated carbocycles. The normalized spacial score (nSPS) is 22.4. The van der Waals surface area contributed by atoms with Crippen molar-refractivity contribution in [1.82, 2.24) is 0 Å². The second-order valence-electron chi connectivity index (χ2n) is 7.38. The number of fused-ring (bicyclic) bond motifs is 1. The molecule has 2 aliphatic rings. The van der Waals surface area contributed by atoms with Crippen LogP contribution in [0.3, 0.4) is 0 Å². The summed E-state index contributed by atoms with van der Waals surface area (Å²) >= 11 is 0. The molecule has 1 aliphatic carbocycles. The fraction of sp³-hybridized carbons (Fsp3) is 0.350. The molecule has 4 nitrogen and oxygen atoms in total. The van der Waals surface area contributed by atoms with Gasteiger partial charge in [-0.1, -0.05) is 49.6 Å². The maximum absolute atomic E-state index is 14.4. The van der Waals surface area contributed by atoms with Crippen LogP contribution in [0.15, 0.2) is 36.4 Å². The van der Waals surface area contributed by atoms with Gasteiger partial charge in [0.1, 0.15) is 5.41 Å². The molecule has 3 N–H and O–H groups in total. The summed E-state index contributed by atoms with van der Waals surface area (Å²) in [6.07, 6.45) is 4.68. The second kappa shape index (κ2) is 6.73. The van der Waals surface area contributed by atoms with E-state index in [0.717, 1.165) is 38.2 Å². The monoisotopic (exact) mass is 371 g/mol. The third-order valence-corrected chi connectivity index (χ3v) is 6.00. The van der Waals surface area contributed by atoms with Crippen molar-refractivity contribution in [3.63, 3.8) is 0 Å². The zero-order valence-electron chi connectivity index (χ0n) is 14.7. The van der Waals surface area contributed by atoms with Gasteiger partial charge in [0, 0.05) is 0 Å². The van der Waals surface area contributed by atoms with E-state index in [4.69, 9.17) is 0 Å². The Labute approximate surface area is 156 Å². The van der Waals surface area contributed by atoms with Crippen LogP contribution >= 0.6 is 0 Å². The Kier molecular flexibility index (Phi) is 4.52. The molecule has 27 heavy (non-hydrogen) atoms. The zero-order valence-corrected chi connectivity index (χ0v) is 14.7. The summed E-state index contributed by atoms with van der Waals surface area (Å²) in [7, 11) is -1.61. The van der Waals surface area contributed by atoms with Gasteiger partial charge in [0.2, 0.25) is 5.91 Å². The van der Waals surface area contributed by atoms with Crippen LogP contribution in [0.25, 0.3) is 0 Å². The molecule has 1 unspecified atom stereocenters. The van der Waals surface area contributed by atoms with E-state index in [2.05, 4.69) is 5.32 Å². The van der Waals surface area contributed by atoms with Gasteiger partial charge < -0.3 is 15.4 Å². The van der Waals surface area contributed by atoms with Crippen molar-refractivity contribution in [2.75, 3.05) is 5.32 Å². The lowest BCUT2D eigenvalue weighted by molar-refractivity contribution is -0.121. The SMILES string of the molecule is O=C1Nc2c(ccc(F)c2F)C1(c1ccc(B(O)O)cc1)C1CCCCC1. The topological polar surface area (TPSA) is 69.6 Å². The first-order chi connectivity index (χ1) is 13.0. The molecule has 1 fully saturated rings. The zero-order chi connectivity index (χ0) is 19.2.